The topological polar surface area (TPSA) is 30.3 Å². The van der Waals surface area contributed by atoms with Crippen LogP contribution in [0.3, 0.4) is 0 Å². The SMILES string of the molecule is Cn1cnc2c1CCN(Cc1ccc(OCC(F)(F)F)cc1)C2. The summed E-state index contributed by atoms with van der Waals surface area (Å²) in [4.78, 5) is 6.68. The number of fused-ring (bicyclic) bond motifs is 1. The van der Waals surface area contributed by atoms with E-state index >= 15 is 0 Å². The molecule has 0 radical (unpaired) electrons. The molecule has 2 heterocycles. The average Bonchev–Trinajstić information content (AvgIpc) is 2.87. The van der Waals surface area contributed by atoms with Crippen LogP contribution in [-0.2, 0) is 26.6 Å². The lowest BCUT2D eigenvalue weighted by Gasteiger charge is -2.26. The van der Waals surface area contributed by atoms with Crippen LogP contribution in [-0.4, -0.2) is 33.8 Å². The van der Waals surface area contributed by atoms with Gasteiger partial charge in [0.2, 0.25) is 0 Å². The van der Waals surface area contributed by atoms with E-state index in [2.05, 4.69) is 14.5 Å². The fourth-order valence-corrected chi connectivity index (χ4v) is 2.76. The molecule has 1 aromatic carbocycles. The van der Waals surface area contributed by atoms with Crippen LogP contribution in [0.5, 0.6) is 5.75 Å². The van der Waals surface area contributed by atoms with Crippen LogP contribution in [0.25, 0.3) is 0 Å². The first-order chi connectivity index (χ1) is 10.9. The van der Waals surface area contributed by atoms with Crippen LogP contribution in [0.1, 0.15) is 17.0 Å². The Morgan fingerprint density at radius 1 is 1.22 bits per heavy atom. The first-order valence-electron chi connectivity index (χ1n) is 7.40. The molecule has 1 aliphatic rings. The maximum absolute atomic E-state index is 12.1. The van der Waals surface area contributed by atoms with Gasteiger partial charge in [-0.25, -0.2) is 4.98 Å². The van der Waals surface area contributed by atoms with E-state index in [1.54, 1.807) is 24.3 Å². The molecule has 3 rings (SSSR count). The quantitative estimate of drug-likeness (QED) is 0.866. The Morgan fingerprint density at radius 3 is 2.65 bits per heavy atom. The summed E-state index contributed by atoms with van der Waals surface area (Å²) < 4.78 is 43.1. The Morgan fingerprint density at radius 2 is 1.96 bits per heavy atom. The maximum atomic E-state index is 12.1. The molecule has 0 N–H and O–H groups in total. The third kappa shape index (κ3) is 4.04. The summed E-state index contributed by atoms with van der Waals surface area (Å²) in [5, 5.41) is 0. The lowest BCUT2D eigenvalue weighted by atomic mass is 10.1. The van der Waals surface area contributed by atoms with Crippen LogP contribution >= 0.6 is 0 Å². The predicted molar refractivity (Wildman–Crippen MR) is 79.0 cm³/mol. The van der Waals surface area contributed by atoms with Crippen molar-refractivity contribution in [3.8, 4) is 5.75 Å². The monoisotopic (exact) mass is 325 g/mol. The Hall–Kier alpha value is -2.02. The maximum Gasteiger partial charge on any atom is 0.422 e. The van der Waals surface area contributed by atoms with E-state index < -0.39 is 12.8 Å². The van der Waals surface area contributed by atoms with E-state index in [1.807, 2.05) is 13.4 Å². The van der Waals surface area contributed by atoms with E-state index in [1.165, 1.54) is 5.69 Å². The number of nitrogens with zero attached hydrogens (tertiary/aromatic N) is 3. The summed E-state index contributed by atoms with van der Waals surface area (Å²) in [5.41, 5.74) is 3.42. The summed E-state index contributed by atoms with van der Waals surface area (Å²) in [6, 6.07) is 6.77. The highest BCUT2D eigenvalue weighted by atomic mass is 19.4. The molecule has 0 amide bonds. The van der Waals surface area contributed by atoms with Gasteiger partial charge in [0.1, 0.15) is 5.75 Å². The van der Waals surface area contributed by atoms with Crippen molar-refractivity contribution in [2.24, 2.45) is 7.05 Å². The van der Waals surface area contributed by atoms with Crippen molar-refractivity contribution in [3.05, 3.63) is 47.5 Å². The van der Waals surface area contributed by atoms with Crippen LogP contribution < -0.4 is 4.74 Å². The summed E-state index contributed by atoms with van der Waals surface area (Å²) in [5.74, 6) is 0.233. The molecule has 4 nitrogen and oxygen atoms in total. The Balaban J connectivity index is 1.57. The van der Waals surface area contributed by atoms with Crippen LogP contribution in [0.2, 0.25) is 0 Å². The molecule has 1 aliphatic heterocycles. The van der Waals surface area contributed by atoms with Crippen molar-refractivity contribution in [1.29, 1.82) is 0 Å². The van der Waals surface area contributed by atoms with Gasteiger partial charge >= 0.3 is 6.18 Å². The first kappa shape index (κ1) is 15.9. The van der Waals surface area contributed by atoms with E-state index in [0.717, 1.165) is 37.3 Å². The lowest BCUT2D eigenvalue weighted by molar-refractivity contribution is -0.153. The Kier molecular flexibility index (Phi) is 4.30. The van der Waals surface area contributed by atoms with Gasteiger partial charge in [0.05, 0.1) is 12.0 Å². The number of rotatable bonds is 4. The summed E-state index contributed by atoms with van der Waals surface area (Å²) in [6.07, 6.45) is -1.52. The number of benzene rings is 1. The van der Waals surface area contributed by atoms with Crippen LogP contribution in [0.15, 0.2) is 30.6 Å². The molecule has 0 saturated carbocycles. The normalized spacial score (nSPS) is 15.5. The molecule has 0 spiro atoms. The Labute approximate surface area is 132 Å². The molecule has 7 heteroatoms. The largest absolute Gasteiger partial charge is 0.484 e. The molecule has 0 fully saturated rings. The van der Waals surface area contributed by atoms with Crippen molar-refractivity contribution in [2.45, 2.75) is 25.7 Å². The minimum absolute atomic E-state index is 0.233. The number of aryl methyl sites for hydroxylation is 1. The molecule has 0 aliphatic carbocycles. The molecular weight excluding hydrogens is 307 g/mol. The van der Waals surface area contributed by atoms with Crippen molar-refractivity contribution in [3.63, 3.8) is 0 Å². The molecule has 0 saturated heterocycles. The zero-order chi connectivity index (χ0) is 16.4. The van der Waals surface area contributed by atoms with Crippen molar-refractivity contribution in [1.82, 2.24) is 14.5 Å². The lowest BCUT2D eigenvalue weighted by Crippen LogP contribution is -2.30. The number of ether oxygens (including phenoxy) is 1. The van der Waals surface area contributed by atoms with E-state index in [-0.39, 0.29) is 5.75 Å². The molecule has 23 heavy (non-hydrogen) atoms. The van der Waals surface area contributed by atoms with Gasteiger partial charge in [-0.15, -0.1) is 0 Å². The molecular formula is C16H18F3N3O. The first-order valence-corrected chi connectivity index (χ1v) is 7.40. The van der Waals surface area contributed by atoms with Crippen molar-refractivity contribution in [2.75, 3.05) is 13.2 Å². The Bertz CT molecular complexity index is 664. The molecule has 124 valence electrons. The molecule has 0 bridgehead atoms. The molecule has 0 unspecified atom stereocenters. The van der Waals surface area contributed by atoms with E-state index in [9.17, 15) is 13.2 Å². The number of imidazole rings is 1. The summed E-state index contributed by atoms with van der Waals surface area (Å²) >= 11 is 0. The fourth-order valence-electron chi connectivity index (χ4n) is 2.76. The second-order valence-corrected chi connectivity index (χ2v) is 5.76. The van der Waals surface area contributed by atoms with Gasteiger partial charge in [0.15, 0.2) is 6.61 Å². The third-order valence-corrected chi connectivity index (χ3v) is 3.92. The van der Waals surface area contributed by atoms with E-state index in [4.69, 9.17) is 4.74 Å². The van der Waals surface area contributed by atoms with Gasteiger partial charge in [-0.3, -0.25) is 4.90 Å². The van der Waals surface area contributed by atoms with Gasteiger partial charge in [0.25, 0.3) is 0 Å². The summed E-state index contributed by atoms with van der Waals surface area (Å²) in [6.45, 7) is 1.22. The smallest absolute Gasteiger partial charge is 0.422 e. The van der Waals surface area contributed by atoms with E-state index in [0.29, 0.717) is 0 Å². The standard InChI is InChI=1S/C16H18F3N3O/c1-21-11-20-14-9-22(7-6-15(14)21)8-12-2-4-13(5-3-12)23-10-16(17,18)19/h2-5,11H,6-10H2,1H3. The zero-order valence-electron chi connectivity index (χ0n) is 12.8. The van der Waals surface area contributed by atoms with Gasteiger partial charge in [0, 0.05) is 38.8 Å². The highest BCUT2D eigenvalue weighted by molar-refractivity contribution is 5.27. The molecule has 1 aromatic heterocycles. The highest BCUT2D eigenvalue weighted by Gasteiger charge is 2.28. The summed E-state index contributed by atoms with van der Waals surface area (Å²) in [7, 11) is 2.00. The average molecular weight is 325 g/mol. The van der Waals surface area contributed by atoms with Gasteiger partial charge < -0.3 is 9.30 Å². The van der Waals surface area contributed by atoms with Crippen molar-refractivity contribution < 1.29 is 17.9 Å². The number of aromatic nitrogens is 2. The number of hydrogen-bond donors (Lipinski definition) is 0. The number of halogens is 3. The minimum atomic E-state index is -4.31. The highest BCUT2D eigenvalue weighted by Crippen LogP contribution is 2.21. The predicted octanol–water partition coefficient (Wildman–Crippen LogP) is 2.92. The molecule has 2 aromatic rings. The van der Waals surface area contributed by atoms with Gasteiger partial charge in [-0.05, 0) is 17.7 Å². The number of hydrogen-bond acceptors (Lipinski definition) is 3. The fraction of sp³-hybridized carbons (Fsp3) is 0.438. The van der Waals surface area contributed by atoms with Gasteiger partial charge in [-0.2, -0.15) is 13.2 Å². The van der Waals surface area contributed by atoms with Gasteiger partial charge in [-0.1, -0.05) is 12.1 Å². The third-order valence-electron chi connectivity index (χ3n) is 3.92. The second-order valence-electron chi connectivity index (χ2n) is 5.76. The minimum Gasteiger partial charge on any atom is -0.484 e. The van der Waals surface area contributed by atoms with Crippen LogP contribution in [0.4, 0.5) is 13.2 Å². The van der Waals surface area contributed by atoms with Crippen LogP contribution in [0, 0.1) is 0 Å². The van der Waals surface area contributed by atoms with Crippen molar-refractivity contribution >= 4 is 0 Å². The number of alkyl halides is 3. The second kappa shape index (κ2) is 6.23. The zero-order valence-corrected chi connectivity index (χ0v) is 12.8. The molecule has 0 atom stereocenters.